The molecule has 0 aliphatic rings. The van der Waals surface area contributed by atoms with Gasteiger partial charge in [-0.15, -0.1) is 0 Å². The van der Waals surface area contributed by atoms with Gasteiger partial charge < -0.3 is 4.74 Å². The van der Waals surface area contributed by atoms with Gasteiger partial charge in [-0.2, -0.15) is 0 Å². The molecule has 1 unspecified atom stereocenters. The van der Waals surface area contributed by atoms with Gasteiger partial charge >= 0.3 is 0 Å². The van der Waals surface area contributed by atoms with Gasteiger partial charge in [0, 0.05) is 13.5 Å². The lowest BCUT2D eigenvalue weighted by molar-refractivity contribution is -0.143. The van der Waals surface area contributed by atoms with Crippen molar-refractivity contribution in [2.24, 2.45) is 5.92 Å². The van der Waals surface area contributed by atoms with Crippen molar-refractivity contribution >= 4 is 5.78 Å². The summed E-state index contributed by atoms with van der Waals surface area (Å²) >= 11 is 0. The highest BCUT2D eigenvalue weighted by molar-refractivity contribution is 5.87. The van der Waals surface area contributed by atoms with Crippen LogP contribution in [0.5, 0.6) is 0 Å². The van der Waals surface area contributed by atoms with E-state index >= 15 is 0 Å². The zero-order valence-corrected chi connectivity index (χ0v) is 10.9. The summed E-state index contributed by atoms with van der Waals surface area (Å²) in [5.74, 6) is 0.756. The van der Waals surface area contributed by atoms with E-state index in [0.717, 1.165) is 25.7 Å². The summed E-state index contributed by atoms with van der Waals surface area (Å²) in [6.07, 6.45) is 4.48. The van der Waals surface area contributed by atoms with Gasteiger partial charge in [-0.25, -0.2) is 0 Å². The maximum absolute atomic E-state index is 12.1. The second-order valence-electron chi connectivity index (χ2n) is 4.43. The van der Waals surface area contributed by atoms with Crippen LogP contribution in [0, 0.1) is 5.92 Å². The molecule has 0 spiro atoms. The number of methoxy groups -OCH3 is 1. The summed E-state index contributed by atoms with van der Waals surface area (Å²) in [5.41, 5.74) is -0.526. The van der Waals surface area contributed by atoms with Crippen LogP contribution in [0.3, 0.4) is 0 Å². The molecule has 0 rings (SSSR count). The minimum absolute atomic E-state index is 0.274. The molecule has 0 aromatic carbocycles. The number of ketones is 1. The van der Waals surface area contributed by atoms with Gasteiger partial charge in [-0.1, -0.05) is 40.5 Å². The summed E-state index contributed by atoms with van der Waals surface area (Å²) < 4.78 is 5.43. The van der Waals surface area contributed by atoms with E-state index in [1.807, 2.05) is 13.8 Å². The molecule has 1 atom stereocenters. The molecule has 15 heavy (non-hydrogen) atoms. The van der Waals surface area contributed by atoms with Crippen molar-refractivity contribution < 1.29 is 9.53 Å². The molecule has 0 amide bonds. The van der Waals surface area contributed by atoms with E-state index in [9.17, 15) is 4.79 Å². The molecule has 0 N–H and O–H groups in total. The summed E-state index contributed by atoms with van der Waals surface area (Å²) in [6.45, 7) is 8.35. The molecular weight excluding hydrogens is 188 g/mol. The first kappa shape index (κ1) is 14.6. The number of rotatable bonds is 8. The zero-order chi connectivity index (χ0) is 11.9. The van der Waals surface area contributed by atoms with Crippen molar-refractivity contribution in [3.05, 3.63) is 0 Å². The van der Waals surface area contributed by atoms with Crippen LogP contribution in [0.2, 0.25) is 0 Å². The van der Waals surface area contributed by atoms with E-state index in [1.165, 1.54) is 0 Å². The van der Waals surface area contributed by atoms with E-state index in [1.54, 1.807) is 7.11 Å². The fraction of sp³-hybridized carbons (Fsp3) is 0.923. The molecule has 0 saturated carbocycles. The molecule has 90 valence electrons. The average Bonchev–Trinajstić information content (AvgIpc) is 2.21. The summed E-state index contributed by atoms with van der Waals surface area (Å²) in [6, 6.07) is 0. The van der Waals surface area contributed by atoms with Crippen molar-refractivity contribution in [2.75, 3.05) is 7.11 Å². The Hall–Kier alpha value is -0.370. The predicted octanol–water partition coefficient (Wildman–Crippen LogP) is 3.59. The summed E-state index contributed by atoms with van der Waals surface area (Å²) in [5, 5.41) is 0. The Morgan fingerprint density at radius 1 is 1.27 bits per heavy atom. The van der Waals surface area contributed by atoms with Crippen molar-refractivity contribution in [1.82, 2.24) is 0 Å². The smallest absolute Gasteiger partial charge is 0.164 e. The monoisotopic (exact) mass is 214 g/mol. The average molecular weight is 214 g/mol. The molecule has 0 aromatic rings. The lowest BCUT2D eigenvalue weighted by Gasteiger charge is -2.29. The lowest BCUT2D eigenvalue weighted by Crippen LogP contribution is -2.40. The molecule has 0 fully saturated rings. The topological polar surface area (TPSA) is 26.3 Å². The molecule has 0 heterocycles. The van der Waals surface area contributed by atoms with Gasteiger partial charge in [0.25, 0.3) is 0 Å². The maximum atomic E-state index is 12.1. The van der Waals surface area contributed by atoms with Crippen molar-refractivity contribution in [3.8, 4) is 0 Å². The third kappa shape index (κ3) is 3.94. The first-order chi connectivity index (χ1) is 7.06. The number of ether oxygens (including phenoxy) is 1. The predicted molar refractivity (Wildman–Crippen MR) is 64.0 cm³/mol. The minimum Gasteiger partial charge on any atom is -0.370 e. The van der Waals surface area contributed by atoms with Crippen LogP contribution in [0.15, 0.2) is 0 Å². The Morgan fingerprint density at radius 3 is 2.13 bits per heavy atom. The number of Topliss-reactive ketones (excluding diaryl/α,β-unsaturated/α-hetero) is 1. The molecule has 2 nitrogen and oxygen atoms in total. The van der Waals surface area contributed by atoms with Crippen LogP contribution < -0.4 is 0 Å². The van der Waals surface area contributed by atoms with Gasteiger partial charge in [0.1, 0.15) is 5.60 Å². The number of carbonyl (C=O) groups is 1. The quantitative estimate of drug-likeness (QED) is 0.617. The van der Waals surface area contributed by atoms with Gasteiger partial charge in [0.15, 0.2) is 5.78 Å². The van der Waals surface area contributed by atoms with Crippen LogP contribution in [-0.4, -0.2) is 18.5 Å². The van der Waals surface area contributed by atoms with Gasteiger partial charge in [-0.3, -0.25) is 4.79 Å². The van der Waals surface area contributed by atoms with Gasteiger partial charge in [-0.05, 0) is 18.8 Å². The molecule has 0 radical (unpaired) electrons. The largest absolute Gasteiger partial charge is 0.370 e. The number of carbonyl (C=O) groups excluding carboxylic acids is 1. The first-order valence-electron chi connectivity index (χ1n) is 6.14. The molecule has 0 bridgehead atoms. The fourth-order valence-electron chi connectivity index (χ4n) is 2.14. The Labute approximate surface area is 94.4 Å². The standard InChI is InChI=1S/C13H26O2/c1-6-9-11(4)10-12(14)13(7-2,8-3)15-5/h11H,6-10H2,1-5H3. The normalized spacial score (nSPS) is 13.9. The molecule has 2 heteroatoms. The van der Waals surface area contributed by atoms with Crippen molar-refractivity contribution in [2.45, 2.75) is 65.4 Å². The second-order valence-corrected chi connectivity index (χ2v) is 4.43. The highest BCUT2D eigenvalue weighted by atomic mass is 16.5. The van der Waals surface area contributed by atoms with Crippen LogP contribution >= 0.6 is 0 Å². The Kier molecular flexibility index (Phi) is 6.82. The van der Waals surface area contributed by atoms with Gasteiger partial charge in [0.05, 0.1) is 0 Å². The first-order valence-corrected chi connectivity index (χ1v) is 6.14. The highest BCUT2D eigenvalue weighted by Gasteiger charge is 2.34. The Morgan fingerprint density at radius 2 is 1.80 bits per heavy atom. The SMILES string of the molecule is CCCC(C)CC(=O)C(CC)(CC)OC. The van der Waals surface area contributed by atoms with Crippen LogP contribution in [0.4, 0.5) is 0 Å². The number of hydrogen-bond donors (Lipinski definition) is 0. The molecule has 0 aromatic heterocycles. The van der Waals surface area contributed by atoms with E-state index in [4.69, 9.17) is 4.74 Å². The number of hydrogen-bond acceptors (Lipinski definition) is 2. The molecule has 0 aliphatic carbocycles. The van der Waals surface area contributed by atoms with E-state index in [-0.39, 0.29) is 5.78 Å². The summed E-state index contributed by atoms with van der Waals surface area (Å²) in [7, 11) is 1.65. The molecular formula is C13H26O2. The van der Waals surface area contributed by atoms with E-state index in [2.05, 4.69) is 13.8 Å². The summed E-state index contributed by atoms with van der Waals surface area (Å²) in [4.78, 5) is 12.1. The molecule has 0 saturated heterocycles. The van der Waals surface area contributed by atoms with Crippen molar-refractivity contribution in [1.29, 1.82) is 0 Å². The Balaban J connectivity index is 4.38. The second kappa shape index (κ2) is 7.00. The fourth-order valence-corrected chi connectivity index (χ4v) is 2.14. The minimum atomic E-state index is -0.526. The molecule has 0 aliphatic heterocycles. The van der Waals surface area contributed by atoms with E-state index in [0.29, 0.717) is 12.3 Å². The van der Waals surface area contributed by atoms with Crippen LogP contribution in [0.1, 0.15) is 59.8 Å². The van der Waals surface area contributed by atoms with E-state index < -0.39 is 5.60 Å². The maximum Gasteiger partial charge on any atom is 0.164 e. The van der Waals surface area contributed by atoms with Crippen LogP contribution in [-0.2, 0) is 9.53 Å². The Bertz CT molecular complexity index is 175. The van der Waals surface area contributed by atoms with Gasteiger partial charge in [0.2, 0.25) is 0 Å². The lowest BCUT2D eigenvalue weighted by atomic mass is 9.85. The zero-order valence-electron chi connectivity index (χ0n) is 10.9. The van der Waals surface area contributed by atoms with Crippen LogP contribution in [0.25, 0.3) is 0 Å². The highest BCUT2D eigenvalue weighted by Crippen LogP contribution is 2.25. The third-order valence-electron chi connectivity index (χ3n) is 3.36. The third-order valence-corrected chi connectivity index (χ3v) is 3.36. The van der Waals surface area contributed by atoms with Crippen molar-refractivity contribution in [3.63, 3.8) is 0 Å².